The highest BCUT2D eigenvalue weighted by atomic mass is 16.6. The zero-order valence-electron chi connectivity index (χ0n) is 11.7. The number of rotatable bonds is 10. The Balaban J connectivity index is 2.56. The van der Waals surface area contributed by atoms with E-state index in [4.69, 9.17) is 9.47 Å². The quantitative estimate of drug-likeness (QED) is 0.381. The topological polar surface area (TPSA) is 98.6 Å². The third-order valence-electron chi connectivity index (χ3n) is 2.40. The third kappa shape index (κ3) is 5.37. The molecule has 0 saturated carbocycles. The second-order valence-electron chi connectivity index (χ2n) is 3.88. The van der Waals surface area contributed by atoms with E-state index in [9.17, 15) is 10.1 Å². The van der Waals surface area contributed by atoms with Gasteiger partial charge in [0.25, 0.3) is 0 Å². The SMILES string of the molecule is CCNc1ccc([N+](=O)[O-])c(NCCOCCOC)n1. The molecule has 0 saturated heterocycles. The van der Waals surface area contributed by atoms with Crippen LogP contribution in [-0.2, 0) is 9.47 Å². The molecule has 0 atom stereocenters. The van der Waals surface area contributed by atoms with Crippen LogP contribution in [0.2, 0.25) is 0 Å². The third-order valence-corrected chi connectivity index (χ3v) is 2.40. The fourth-order valence-corrected chi connectivity index (χ4v) is 1.49. The summed E-state index contributed by atoms with van der Waals surface area (Å²) in [5.41, 5.74) is -0.0523. The van der Waals surface area contributed by atoms with Crippen molar-refractivity contribution in [1.82, 2.24) is 4.98 Å². The fraction of sp³-hybridized carbons (Fsp3) is 0.583. The summed E-state index contributed by atoms with van der Waals surface area (Å²) in [7, 11) is 1.60. The average molecular weight is 284 g/mol. The van der Waals surface area contributed by atoms with Crippen LogP contribution in [0.4, 0.5) is 17.3 Å². The highest BCUT2D eigenvalue weighted by Crippen LogP contribution is 2.23. The van der Waals surface area contributed by atoms with E-state index in [1.54, 1.807) is 13.2 Å². The highest BCUT2D eigenvalue weighted by molar-refractivity contribution is 5.60. The first-order chi connectivity index (χ1) is 9.69. The van der Waals surface area contributed by atoms with Crippen molar-refractivity contribution < 1.29 is 14.4 Å². The Hall–Kier alpha value is -1.93. The number of aromatic nitrogens is 1. The van der Waals surface area contributed by atoms with Crippen LogP contribution in [-0.4, -0.2) is 49.9 Å². The van der Waals surface area contributed by atoms with E-state index >= 15 is 0 Å². The largest absolute Gasteiger partial charge is 0.382 e. The molecule has 1 rings (SSSR count). The van der Waals surface area contributed by atoms with E-state index < -0.39 is 4.92 Å². The van der Waals surface area contributed by atoms with Gasteiger partial charge < -0.3 is 20.1 Å². The molecule has 0 fully saturated rings. The van der Waals surface area contributed by atoms with Gasteiger partial charge in [-0.1, -0.05) is 0 Å². The van der Waals surface area contributed by atoms with Crippen molar-refractivity contribution in [2.45, 2.75) is 6.92 Å². The normalized spacial score (nSPS) is 10.3. The average Bonchev–Trinajstić information content (AvgIpc) is 2.43. The van der Waals surface area contributed by atoms with E-state index in [1.165, 1.54) is 6.07 Å². The van der Waals surface area contributed by atoms with Gasteiger partial charge in [0.05, 0.1) is 24.7 Å². The number of methoxy groups -OCH3 is 1. The molecule has 112 valence electrons. The second-order valence-corrected chi connectivity index (χ2v) is 3.88. The maximum absolute atomic E-state index is 10.9. The van der Waals surface area contributed by atoms with Gasteiger partial charge in [-0.3, -0.25) is 10.1 Å². The molecule has 0 aliphatic rings. The van der Waals surface area contributed by atoms with E-state index in [0.29, 0.717) is 38.7 Å². The molecule has 0 spiro atoms. The number of nitrogens with zero attached hydrogens (tertiary/aromatic N) is 2. The van der Waals surface area contributed by atoms with Crippen LogP contribution in [0, 0.1) is 10.1 Å². The molecule has 0 unspecified atom stereocenters. The smallest absolute Gasteiger partial charge is 0.311 e. The predicted octanol–water partition coefficient (Wildman–Crippen LogP) is 1.50. The molecule has 8 nitrogen and oxygen atoms in total. The Kier molecular flexibility index (Phi) is 7.30. The van der Waals surface area contributed by atoms with E-state index in [2.05, 4.69) is 15.6 Å². The van der Waals surface area contributed by atoms with Gasteiger partial charge in [0.2, 0.25) is 5.82 Å². The lowest BCUT2D eigenvalue weighted by molar-refractivity contribution is -0.384. The first kappa shape index (κ1) is 16.1. The summed E-state index contributed by atoms with van der Waals surface area (Å²) >= 11 is 0. The Morgan fingerprint density at radius 1 is 1.30 bits per heavy atom. The number of hydrogen-bond donors (Lipinski definition) is 2. The summed E-state index contributed by atoms with van der Waals surface area (Å²) in [5.74, 6) is 0.838. The number of pyridine rings is 1. The zero-order valence-corrected chi connectivity index (χ0v) is 11.7. The van der Waals surface area contributed by atoms with Crippen LogP contribution in [0.5, 0.6) is 0 Å². The minimum Gasteiger partial charge on any atom is -0.382 e. The molecule has 0 aliphatic heterocycles. The number of ether oxygens (including phenoxy) is 2. The Bertz CT molecular complexity index is 428. The molecule has 0 bridgehead atoms. The molecule has 0 aliphatic carbocycles. The Labute approximate surface area is 117 Å². The Morgan fingerprint density at radius 3 is 2.75 bits per heavy atom. The lowest BCUT2D eigenvalue weighted by atomic mass is 10.3. The van der Waals surface area contributed by atoms with Crippen molar-refractivity contribution in [3.05, 3.63) is 22.2 Å². The first-order valence-corrected chi connectivity index (χ1v) is 6.39. The summed E-state index contributed by atoms with van der Waals surface area (Å²) < 4.78 is 10.1. The van der Waals surface area contributed by atoms with Crippen LogP contribution >= 0.6 is 0 Å². The van der Waals surface area contributed by atoms with Crippen LogP contribution < -0.4 is 10.6 Å². The zero-order chi connectivity index (χ0) is 14.8. The van der Waals surface area contributed by atoms with Crippen LogP contribution in [0.15, 0.2) is 12.1 Å². The monoisotopic (exact) mass is 284 g/mol. The standard InChI is InChI=1S/C12H20N4O4/c1-3-13-11-5-4-10(16(17)18)12(15-11)14-6-7-20-9-8-19-2/h4-5H,3,6-9H2,1-2H3,(H2,13,14,15). The number of nitro groups is 1. The lowest BCUT2D eigenvalue weighted by Gasteiger charge is -2.09. The summed E-state index contributed by atoms with van der Waals surface area (Å²) in [6, 6.07) is 3.01. The Morgan fingerprint density at radius 2 is 2.10 bits per heavy atom. The molecule has 1 aromatic rings. The maximum atomic E-state index is 10.9. The van der Waals surface area contributed by atoms with Crippen LogP contribution in [0.25, 0.3) is 0 Å². The molecule has 0 amide bonds. The molecule has 8 heteroatoms. The first-order valence-electron chi connectivity index (χ1n) is 6.39. The van der Waals surface area contributed by atoms with Gasteiger partial charge in [0.1, 0.15) is 5.82 Å². The van der Waals surface area contributed by atoms with Crippen molar-refractivity contribution in [2.24, 2.45) is 0 Å². The summed E-state index contributed by atoms with van der Waals surface area (Å²) in [4.78, 5) is 14.6. The predicted molar refractivity (Wildman–Crippen MR) is 76.2 cm³/mol. The fourth-order valence-electron chi connectivity index (χ4n) is 1.49. The molecule has 0 radical (unpaired) electrons. The minimum absolute atomic E-state index is 0.0523. The van der Waals surface area contributed by atoms with E-state index in [0.717, 1.165) is 0 Å². The molecular weight excluding hydrogens is 264 g/mol. The second kappa shape index (κ2) is 9.05. The van der Waals surface area contributed by atoms with Gasteiger partial charge in [-0.2, -0.15) is 0 Å². The molecule has 2 N–H and O–H groups in total. The van der Waals surface area contributed by atoms with Gasteiger partial charge in [-0.15, -0.1) is 0 Å². The molecule has 1 heterocycles. The number of hydrogen-bond acceptors (Lipinski definition) is 7. The number of anilines is 2. The summed E-state index contributed by atoms with van der Waals surface area (Å²) in [6.45, 7) is 4.50. The van der Waals surface area contributed by atoms with Crippen molar-refractivity contribution >= 4 is 17.3 Å². The van der Waals surface area contributed by atoms with Gasteiger partial charge in [0.15, 0.2) is 0 Å². The van der Waals surface area contributed by atoms with E-state index in [1.807, 2.05) is 6.92 Å². The van der Waals surface area contributed by atoms with Crippen molar-refractivity contribution in [2.75, 3.05) is 50.7 Å². The lowest BCUT2D eigenvalue weighted by Crippen LogP contribution is -2.14. The highest BCUT2D eigenvalue weighted by Gasteiger charge is 2.15. The summed E-state index contributed by atoms with van der Waals surface area (Å²) in [5, 5.41) is 16.8. The van der Waals surface area contributed by atoms with Gasteiger partial charge in [-0.05, 0) is 13.0 Å². The molecular formula is C12H20N4O4. The maximum Gasteiger partial charge on any atom is 0.311 e. The van der Waals surface area contributed by atoms with Crippen molar-refractivity contribution in [1.29, 1.82) is 0 Å². The number of nitrogens with one attached hydrogen (secondary N) is 2. The van der Waals surface area contributed by atoms with E-state index in [-0.39, 0.29) is 11.5 Å². The van der Waals surface area contributed by atoms with Crippen molar-refractivity contribution in [3.63, 3.8) is 0 Å². The van der Waals surface area contributed by atoms with Gasteiger partial charge in [0, 0.05) is 26.3 Å². The van der Waals surface area contributed by atoms with Gasteiger partial charge >= 0.3 is 5.69 Å². The van der Waals surface area contributed by atoms with Crippen LogP contribution in [0.3, 0.4) is 0 Å². The summed E-state index contributed by atoms with van der Waals surface area (Å²) in [6.07, 6.45) is 0. The van der Waals surface area contributed by atoms with Crippen molar-refractivity contribution in [3.8, 4) is 0 Å². The van der Waals surface area contributed by atoms with Crippen LogP contribution in [0.1, 0.15) is 6.92 Å². The minimum atomic E-state index is -0.461. The molecule has 1 aromatic heterocycles. The molecule has 20 heavy (non-hydrogen) atoms. The van der Waals surface area contributed by atoms with Gasteiger partial charge in [-0.25, -0.2) is 4.98 Å². The molecule has 0 aromatic carbocycles.